The molecule has 6 nitrogen and oxygen atoms in total. The quantitative estimate of drug-likeness (QED) is 0.185. The molecular weight excluding hydrogens is 526 g/mol. The maximum atomic E-state index is 12.4. The van der Waals surface area contributed by atoms with Crippen LogP contribution in [0.1, 0.15) is 31.7 Å². The molecule has 0 bridgehead atoms. The lowest BCUT2D eigenvalue weighted by molar-refractivity contribution is -0.153. The molecule has 0 amide bonds. The Labute approximate surface area is 199 Å². The van der Waals surface area contributed by atoms with Gasteiger partial charge in [-0.3, -0.25) is 0 Å². The molecule has 0 saturated carbocycles. The van der Waals surface area contributed by atoms with Crippen molar-refractivity contribution < 1.29 is 27.4 Å². The Morgan fingerprint density at radius 2 is 1.94 bits per heavy atom. The topological polar surface area (TPSA) is 64.1 Å². The number of nitrogens with zero attached hydrogens (tertiary/aromatic N) is 1. The fourth-order valence-corrected chi connectivity index (χ4v) is 2.98. The predicted octanol–water partition coefficient (Wildman–Crippen LogP) is 4.13. The van der Waals surface area contributed by atoms with Gasteiger partial charge in [-0.25, -0.2) is 4.99 Å². The van der Waals surface area contributed by atoms with Crippen LogP contribution >= 0.6 is 24.0 Å². The van der Waals surface area contributed by atoms with E-state index in [9.17, 15) is 13.2 Å². The molecule has 1 aliphatic rings. The minimum Gasteiger partial charge on any atom is -0.484 e. The van der Waals surface area contributed by atoms with Gasteiger partial charge in [0, 0.05) is 45.1 Å². The first-order valence-corrected chi connectivity index (χ1v) is 10.4. The Morgan fingerprint density at radius 1 is 1.19 bits per heavy atom. The highest BCUT2D eigenvalue weighted by molar-refractivity contribution is 14.0. The van der Waals surface area contributed by atoms with E-state index in [-0.39, 0.29) is 36.3 Å². The maximum Gasteiger partial charge on any atom is 0.422 e. The van der Waals surface area contributed by atoms with Crippen LogP contribution in [0.4, 0.5) is 13.2 Å². The second-order valence-electron chi connectivity index (χ2n) is 7.12. The normalized spacial score (nSPS) is 15.3. The fourth-order valence-electron chi connectivity index (χ4n) is 2.98. The van der Waals surface area contributed by atoms with E-state index in [0.717, 1.165) is 39.1 Å². The van der Waals surface area contributed by atoms with Gasteiger partial charge in [-0.2, -0.15) is 13.2 Å². The number of rotatable bonds is 11. The van der Waals surface area contributed by atoms with E-state index in [0.29, 0.717) is 37.1 Å². The Bertz CT molecular complexity index is 642. The van der Waals surface area contributed by atoms with Crippen molar-refractivity contribution >= 4 is 29.9 Å². The average molecular weight is 559 g/mol. The van der Waals surface area contributed by atoms with Gasteiger partial charge in [0.1, 0.15) is 5.75 Å². The van der Waals surface area contributed by atoms with Crippen molar-refractivity contribution in [2.75, 3.05) is 46.1 Å². The molecule has 0 radical (unpaired) electrons. The van der Waals surface area contributed by atoms with Gasteiger partial charge < -0.3 is 24.8 Å². The summed E-state index contributed by atoms with van der Waals surface area (Å²) >= 11 is 0. The van der Waals surface area contributed by atoms with Crippen molar-refractivity contribution in [3.05, 3.63) is 29.8 Å². The molecule has 0 spiro atoms. The van der Waals surface area contributed by atoms with Gasteiger partial charge >= 0.3 is 6.18 Å². The molecule has 31 heavy (non-hydrogen) atoms. The zero-order chi connectivity index (χ0) is 21.7. The number of benzene rings is 1. The largest absolute Gasteiger partial charge is 0.484 e. The molecule has 1 saturated heterocycles. The number of hydrogen-bond donors (Lipinski definition) is 2. The highest BCUT2D eigenvalue weighted by atomic mass is 127. The van der Waals surface area contributed by atoms with Gasteiger partial charge in [-0.15, -0.1) is 24.0 Å². The second kappa shape index (κ2) is 15.5. The Hall–Kier alpha value is -1.27. The number of halogens is 4. The number of alkyl halides is 3. The summed E-state index contributed by atoms with van der Waals surface area (Å²) < 4.78 is 53.3. The molecule has 2 rings (SSSR count). The lowest BCUT2D eigenvalue weighted by atomic mass is 10.0. The molecule has 1 heterocycles. The molecule has 0 aliphatic carbocycles. The zero-order valence-electron chi connectivity index (χ0n) is 17.9. The summed E-state index contributed by atoms with van der Waals surface area (Å²) in [6.07, 6.45) is -1.42. The van der Waals surface area contributed by atoms with E-state index in [2.05, 4.69) is 15.6 Å². The van der Waals surface area contributed by atoms with E-state index in [4.69, 9.17) is 14.2 Å². The van der Waals surface area contributed by atoms with Crippen molar-refractivity contribution in [2.24, 2.45) is 10.9 Å². The van der Waals surface area contributed by atoms with Crippen LogP contribution in [0.2, 0.25) is 0 Å². The van der Waals surface area contributed by atoms with Crippen LogP contribution in [0.25, 0.3) is 0 Å². The van der Waals surface area contributed by atoms with Gasteiger partial charge in [0.25, 0.3) is 0 Å². The monoisotopic (exact) mass is 559 g/mol. The van der Waals surface area contributed by atoms with Crippen LogP contribution in [-0.2, 0) is 16.0 Å². The Kier molecular flexibility index (Phi) is 13.9. The minimum atomic E-state index is -4.38. The number of aliphatic imine (C=N–C) groups is 1. The molecule has 178 valence electrons. The number of para-hydroxylation sites is 1. The highest BCUT2D eigenvalue weighted by Gasteiger charge is 2.28. The van der Waals surface area contributed by atoms with Crippen molar-refractivity contribution in [1.82, 2.24) is 10.6 Å². The predicted molar refractivity (Wildman–Crippen MR) is 125 cm³/mol. The highest BCUT2D eigenvalue weighted by Crippen LogP contribution is 2.22. The van der Waals surface area contributed by atoms with Gasteiger partial charge in [-0.1, -0.05) is 18.2 Å². The molecule has 1 aliphatic heterocycles. The van der Waals surface area contributed by atoms with Gasteiger partial charge in [0.2, 0.25) is 0 Å². The third-order valence-corrected chi connectivity index (χ3v) is 4.57. The number of guanidine groups is 1. The van der Waals surface area contributed by atoms with Crippen LogP contribution in [0, 0.1) is 5.92 Å². The fraction of sp³-hybridized carbons (Fsp3) is 0.667. The molecule has 10 heteroatoms. The number of ether oxygens (including phenoxy) is 3. The lowest BCUT2D eigenvalue weighted by Gasteiger charge is -2.21. The average Bonchev–Trinajstić information content (AvgIpc) is 2.73. The summed E-state index contributed by atoms with van der Waals surface area (Å²) in [5.74, 6) is 1.38. The smallest absolute Gasteiger partial charge is 0.422 e. The van der Waals surface area contributed by atoms with Gasteiger partial charge in [-0.05, 0) is 38.2 Å². The third-order valence-electron chi connectivity index (χ3n) is 4.57. The molecule has 0 atom stereocenters. The van der Waals surface area contributed by atoms with E-state index >= 15 is 0 Å². The molecule has 1 aromatic carbocycles. The first-order valence-electron chi connectivity index (χ1n) is 10.4. The van der Waals surface area contributed by atoms with Crippen molar-refractivity contribution in [2.45, 2.75) is 38.9 Å². The first-order chi connectivity index (χ1) is 14.5. The third kappa shape index (κ3) is 12.4. The van der Waals surface area contributed by atoms with Crippen molar-refractivity contribution in [1.29, 1.82) is 0 Å². The van der Waals surface area contributed by atoms with Crippen LogP contribution in [0.3, 0.4) is 0 Å². The van der Waals surface area contributed by atoms with E-state index < -0.39 is 12.8 Å². The lowest BCUT2D eigenvalue weighted by Crippen LogP contribution is -2.38. The summed E-state index contributed by atoms with van der Waals surface area (Å²) in [7, 11) is 0. The molecular formula is C21H33F3IN3O3. The SMILES string of the molecule is CCNC(=NCc1ccccc1OCC(F)(F)F)NCCCOCC1CCOCC1.I. The van der Waals surface area contributed by atoms with Crippen LogP contribution in [0.15, 0.2) is 29.3 Å². The summed E-state index contributed by atoms with van der Waals surface area (Å²) in [5, 5.41) is 6.36. The van der Waals surface area contributed by atoms with Gasteiger partial charge in [0.05, 0.1) is 6.54 Å². The summed E-state index contributed by atoms with van der Waals surface area (Å²) in [6.45, 7) is 5.29. The van der Waals surface area contributed by atoms with E-state index in [1.165, 1.54) is 6.07 Å². The van der Waals surface area contributed by atoms with Gasteiger partial charge in [0.15, 0.2) is 12.6 Å². The summed E-state index contributed by atoms with van der Waals surface area (Å²) in [5.41, 5.74) is 0.596. The molecule has 1 aromatic rings. The number of hydrogen-bond acceptors (Lipinski definition) is 4. The second-order valence-corrected chi connectivity index (χ2v) is 7.12. The van der Waals surface area contributed by atoms with Crippen LogP contribution < -0.4 is 15.4 Å². The van der Waals surface area contributed by atoms with Crippen molar-refractivity contribution in [3.8, 4) is 5.75 Å². The Morgan fingerprint density at radius 3 is 2.65 bits per heavy atom. The first kappa shape index (κ1) is 27.8. The minimum absolute atomic E-state index is 0. The summed E-state index contributed by atoms with van der Waals surface area (Å²) in [6, 6.07) is 6.62. The molecule has 1 fully saturated rings. The molecule has 0 aromatic heterocycles. The Balaban J connectivity index is 0.00000480. The zero-order valence-corrected chi connectivity index (χ0v) is 20.2. The maximum absolute atomic E-state index is 12.4. The molecule has 2 N–H and O–H groups in total. The van der Waals surface area contributed by atoms with Crippen LogP contribution in [0.5, 0.6) is 5.75 Å². The molecule has 0 unspecified atom stereocenters. The van der Waals surface area contributed by atoms with E-state index in [1.807, 2.05) is 6.92 Å². The number of nitrogens with one attached hydrogen (secondary N) is 2. The van der Waals surface area contributed by atoms with Crippen LogP contribution in [-0.4, -0.2) is 58.3 Å². The standard InChI is InChI=1S/C21H32F3N3O3.HI/c1-2-25-20(26-10-5-11-29-15-17-8-12-28-13-9-17)27-14-18-6-3-4-7-19(18)30-16-21(22,23)24;/h3-4,6-7,17H,2,5,8-16H2,1H3,(H2,25,26,27);1H. The van der Waals surface area contributed by atoms with E-state index in [1.54, 1.807) is 18.2 Å². The summed E-state index contributed by atoms with van der Waals surface area (Å²) in [4.78, 5) is 4.46. The van der Waals surface area contributed by atoms with Crippen molar-refractivity contribution in [3.63, 3.8) is 0 Å².